The number of hydrogen-bond acceptors (Lipinski definition) is 0. The summed E-state index contributed by atoms with van der Waals surface area (Å²) < 4.78 is 1.17. The standard InChI is InChI=1S/C12H14Br2/c13-11-6-4-9(5-7-11)8-10-2-1-3-12(10)14/h4-7,10,12H,1-3,8H2. The lowest BCUT2D eigenvalue weighted by Gasteiger charge is -2.13. The van der Waals surface area contributed by atoms with Crippen LogP contribution in [0.25, 0.3) is 0 Å². The fraction of sp³-hybridized carbons (Fsp3) is 0.500. The summed E-state index contributed by atoms with van der Waals surface area (Å²) in [5.41, 5.74) is 1.46. The van der Waals surface area contributed by atoms with Gasteiger partial charge in [-0.15, -0.1) is 0 Å². The van der Waals surface area contributed by atoms with E-state index in [1.165, 1.54) is 35.7 Å². The van der Waals surface area contributed by atoms with Crippen molar-refractivity contribution in [1.82, 2.24) is 0 Å². The summed E-state index contributed by atoms with van der Waals surface area (Å²) >= 11 is 7.23. The van der Waals surface area contributed by atoms with Gasteiger partial charge < -0.3 is 0 Å². The van der Waals surface area contributed by atoms with Crippen LogP contribution in [0.1, 0.15) is 24.8 Å². The van der Waals surface area contributed by atoms with E-state index in [-0.39, 0.29) is 0 Å². The van der Waals surface area contributed by atoms with Crippen LogP contribution in [-0.2, 0) is 6.42 Å². The summed E-state index contributed by atoms with van der Waals surface area (Å²) in [5.74, 6) is 0.844. The van der Waals surface area contributed by atoms with Crippen LogP contribution in [0, 0.1) is 5.92 Å². The Kier molecular flexibility index (Phi) is 3.67. The molecule has 2 unspecified atom stereocenters. The average Bonchev–Trinajstić information content (AvgIpc) is 2.56. The maximum atomic E-state index is 3.77. The van der Waals surface area contributed by atoms with Crippen LogP contribution >= 0.6 is 31.9 Å². The molecule has 2 heteroatoms. The summed E-state index contributed by atoms with van der Waals surface area (Å²) in [6, 6.07) is 8.71. The average molecular weight is 318 g/mol. The minimum absolute atomic E-state index is 0.742. The molecular formula is C12H14Br2. The smallest absolute Gasteiger partial charge is 0.0177 e. The molecule has 0 aliphatic heterocycles. The molecule has 14 heavy (non-hydrogen) atoms. The zero-order valence-corrected chi connectivity index (χ0v) is 11.2. The SMILES string of the molecule is Brc1ccc(CC2CCCC2Br)cc1. The van der Waals surface area contributed by atoms with Crippen LogP contribution in [0.15, 0.2) is 28.7 Å². The van der Waals surface area contributed by atoms with Gasteiger partial charge in [-0.05, 0) is 42.9 Å². The van der Waals surface area contributed by atoms with Crippen LogP contribution in [0.5, 0.6) is 0 Å². The van der Waals surface area contributed by atoms with Gasteiger partial charge in [0.2, 0.25) is 0 Å². The van der Waals surface area contributed by atoms with Crippen molar-refractivity contribution >= 4 is 31.9 Å². The molecule has 0 N–H and O–H groups in total. The molecule has 0 saturated heterocycles. The van der Waals surface area contributed by atoms with Gasteiger partial charge in [0.15, 0.2) is 0 Å². The molecule has 0 radical (unpaired) electrons. The molecule has 2 rings (SSSR count). The largest absolute Gasteiger partial charge is 0.0888 e. The highest BCUT2D eigenvalue weighted by molar-refractivity contribution is 9.10. The molecule has 0 amide bonds. The van der Waals surface area contributed by atoms with E-state index >= 15 is 0 Å². The molecule has 1 aliphatic carbocycles. The number of benzene rings is 1. The Balaban J connectivity index is 2.00. The molecule has 0 nitrogen and oxygen atoms in total. The maximum absolute atomic E-state index is 3.77. The molecular weight excluding hydrogens is 304 g/mol. The third-order valence-corrected chi connectivity index (χ3v) is 4.71. The van der Waals surface area contributed by atoms with Crippen molar-refractivity contribution in [2.75, 3.05) is 0 Å². The first-order valence-electron chi connectivity index (χ1n) is 5.14. The Hall–Kier alpha value is 0.180. The quantitative estimate of drug-likeness (QED) is 0.702. The summed E-state index contributed by atoms with van der Waals surface area (Å²) in [7, 11) is 0. The van der Waals surface area contributed by atoms with Gasteiger partial charge in [-0.2, -0.15) is 0 Å². The molecule has 1 saturated carbocycles. The van der Waals surface area contributed by atoms with Crippen molar-refractivity contribution in [3.63, 3.8) is 0 Å². The van der Waals surface area contributed by atoms with Crippen LogP contribution < -0.4 is 0 Å². The second-order valence-electron chi connectivity index (χ2n) is 4.04. The fourth-order valence-electron chi connectivity index (χ4n) is 2.14. The number of halogens is 2. The monoisotopic (exact) mass is 316 g/mol. The van der Waals surface area contributed by atoms with E-state index in [0.717, 1.165) is 10.7 Å². The topological polar surface area (TPSA) is 0 Å². The second-order valence-corrected chi connectivity index (χ2v) is 6.13. The third kappa shape index (κ3) is 2.60. The van der Waals surface area contributed by atoms with E-state index in [9.17, 15) is 0 Å². The van der Waals surface area contributed by atoms with Crippen molar-refractivity contribution in [3.8, 4) is 0 Å². The molecule has 1 aromatic carbocycles. The van der Waals surface area contributed by atoms with E-state index in [1.807, 2.05) is 0 Å². The number of alkyl halides is 1. The Bertz CT molecular complexity index is 292. The first-order chi connectivity index (χ1) is 6.75. The van der Waals surface area contributed by atoms with Gasteiger partial charge in [-0.1, -0.05) is 50.4 Å². The van der Waals surface area contributed by atoms with Crippen LogP contribution in [0.4, 0.5) is 0 Å². The molecule has 0 aromatic heterocycles. The lowest BCUT2D eigenvalue weighted by atomic mass is 9.98. The Morgan fingerprint density at radius 1 is 1.14 bits per heavy atom. The Morgan fingerprint density at radius 3 is 2.43 bits per heavy atom. The van der Waals surface area contributed by atoms with Gasteiger partial charge in [0.25, 0.3) is 0 Å². The van der Waals surface area contributed by atoms with Gasteiger partial charge in [-0.25, -0.2) is 0 Å². The van der Waals surface area contributed by atoms with E-state index in [2.05, 4.69) is 56.1 Å². The molecule has 1 aliphatic rings. The highest BCUT2D eigenvalue weighted by atomic mass is 79.9. The molecule has 2 atom stereocenters. The molecule has 1 aromatic rings. The van der Waals surface area contributed by atoms with Crippen LogP contribution in [0.2, 0.25) is 0 Å². The first kappa shape index (κ1) is 10.7. The summed E-state index contributed by atoms with van der Waals surface area (Å²) in [4.78, 5) is 0.742. The van der Waals surface area contributed by atoms with Gasteiger partial charge in [0.05, 0.1) is 0 Å². The lowest BCUT2D eigenvalue weighted by molar-refractivity contribution is 0.562. The predicted octanol–water partition coefficient (Wildman–Crippen LogP) is 4.56. The van der Waals surface area contributed by atoms with E-state index in [1.54, 1.807) is 0 Å². The van der Waals surface area contributed by atoms with Gasteiger partial charge in [0.1, 0.15) is 0 Å². The molecule has 0 bridgehead atoms. The third-order valence-electron chi connectivity index (χ3n) is 2.98. The minimum atomic E-state index is 0.742. The highest BCUT2D eigenvalue weighted by Gasteiger charge is 2.24. The molecule has 0 heterocycles. The summed E-state index contributed by atoms with van der Waals surface area (Å²) in [6.07, 6.45) is 5.34. The van der Waals surface area contributed by atoms with Gasteiger partial charge in [0, 0.05) is 9.30 Å². The fourth-order valence-corrected chi connectivity index (χ4v) is 3.18. The predicted molar refractivity (Wildman–Crippen MR) is 67.9 cm³/mol. The molecule has 0 spiro atoms. The number of hydrogen-bond donors (Lipinski definition) is 0. The summed E-state index contributed by atoms with van der Waals surface area (Å²) in [6.45, 7) is 0. The normalized spacial score (nSPS) is 26.7. The Labute approximate surface area is 102 Å². The van der Waals surface area contributed by atoms with Crippen LogP contribution in [-0.4, -0.2) is 4.83 Å². The van der Waals surface area contributed by atoms with Crippen molar-refractivity contribution in [1.29, 1.82) is 0 Å². The zero-order valence-electron chi connectivity index (χ0n) is 8.05. The van der Waals surface area contributed by atoms with Gasteiger partial charge in [-0.3, -0.25) is 0 Å². The molecule has 76 valence electrons. The Morgan fingerprint density at radius 2 is 1.86 bits per heavy atom. The number of rotatable bonds is 2. The van der Waals surface area contributed by atoms with Crippen molar-refractivity contribution in [2.45, 2.75) is 30.5 Å². The van der Waals surface area contributed by atoms with E-state index in [4.69, 9.17) is 0 Å². The molecule has 1 fully saturated rings. The van der Waals surface area contributed by atoms with Crippen molar-refractivity contribution in [3.05, 3.63) is 34.3 Å². The van der Waals surface area contributed by atoms with Crippen molar-refractivity contribution < 1.29 is 0 Å². The van der Waals surface area contributed by atoms with E-state index < -0.39 is 0 Å². The first-order valence-corrected chi connectivity index (χ1v) is 6.85. The minimum Gasteiger partial charge on any atom is -0.0888 e. The zero-order chi connectivity index (χ0) is 9.97. The van der Waals surface area contributed by atoms with Crippen LogP contribution in [0.3, 0.4) is 0 Å². The van der Waals surface area contributed by atoms with Gasteiger partial charge >= 0.3 is 0 Å². The second kappa shape index (κ2) is 4.80. The highest BCUT2D eigenvalue weighted by Crippen LogP contribution is 2.33. The summed E-state index contributed by atoms with van der Waals surface area (Å²) in [5, 5.41) is 0. The maximum Gasteiger partial charge on any atom is 0.0177 e. The van der Waals surface area contributed by atoms with Crippen molar-refractivity contribution in [2.24, 2.45) is 5.92 Å². The lowest BCUT2D eigenvalue weighted by Crippen LogP contribution is -2.09. The van der Waals surface area contributed by atoms with E-state index in [0.29, 0.717) is 0 Å².